The van der Waals surface area contributed by atoms with Crippen molar-refractivity contribution < 1.29 is 13.0 Å². The van der Waals surface area contributed by atoms with Crippen LogP contribution in [-0.2, 0) is 16.5 Å². The first-order chi connectivity index (χ1) is 10.3. The lowest BCUT2D eigenvalue weighted by Crippen LogP contribution is -2.09. The van der Waals surface area contributed by atoms with Crippen molar-refractivity contribution in [2.75, 3.05) is 5.75 Å². The molecule has 5 nitrogen and oxygen atoms in total. The van der Waals surface area contributed by atoms with Gasteiger partial charge in [0.2, 0.25) is 0 Å². The highest BCUT2D eigenvalue weighted by molar-refractivity contribution is 9.10. The third-order valence-corrected chi connectivity index (χ3v) is 4.76. The second-order valence-electron chi connectivity index (χ2n) is 5.03. The molecule has 1 aromatic heterocycles. The molecule has 7 heteroatoms. The Hall–Kier alpha value is -1.70. The highest BCUT2D eigenvalue weighted by Crippen LogP contribution is 2.29. The predicted octanol–water partition coefficient (Wildman–Crippen LogP) is 2.87. The van der Waals surface area contributed by atoms with Crippen LogP contribution in [0.5, 0.6) is 0 Å². The van der Waals surface area contributed by atoms with Gasteiger partial charge in [-0.1, -0.05) is 28.1 Å². The molecule has 2 N–H and O–H groups in total. The van der Waals surface area contributed by atoms with Crippen LogP contribution >= 0.6 is 15.9 Å². The van der Waals surface area contributed by atoms with Gasteiger partial charge in [0.1, 0.15) is 0 Å². The van der Waals surface area contributed by atoms with Crippen molar-refractivity contribution in [2.45, 2.75) is 6.42 Å². The number of nitrogens with one attached hydrogen (secondary N) is 1. The second-order valence-corrected chi connectivity index (χ2v) is 7.52. The molecule has 1 heterocycles. The fraction of sp³-hybridized carbons (Fsp3) is 0.133. The van der Waals surface area contributed by atoms with Gasteiger partial charge in [0.15, 0.2) is 0 Å². The van der Waals surface area contributed by atoms with Crippen LogP contribution in [0.1, 0.15) is 5.56 Å². The van der Waals surface area contributed by atoms with Crippen LogP contribution in [0.15, 0.2) is 45.8 Å². The second kappa shape index (κ2) is 5.49. The Balaban J connectivity index is 2.34. The Morgan fingerprint density at radius 2 is 1.91 bits per heavy atom. The zero-order valence-electron chi connectivity index (χ0n) is 11.3. The molecule has 22 heavy (non-hydrogen) atoms. The molecule has 3 aromatic rings. The van der Waals surface area contributed by atoms with Gasteiger partial charge >= 0.3 is 0 Å². The molecule has 0 radical (unpaired) electrons. The van der Waals surface area contributed by atoms with Crippen LogP contribution in [0.2, 0.25) is 0 Å². The number of aromatic amines is 1. The van der Waals surface area contributed by atoms with E-state index in [1.807, 2.05) is 18.2 Å². The van der Waals surface area contributed by atoms with Gasteiger partial charge in [0.05, 0.1) is 11.1 Å². The summed E-state index contributed by atoms with van der Waals surface area (Å²) in [6, 6.07) is 9.08. The van der Waals surface area contributed by atoms with E-state index in [9.17, 15) is 13.2 Å². The summed E-state index contributed by atoms with van der Waals surface area (Å²) in [6.45, 7) is 0. The summed E-state index contributed by atoms with van der Waals surface area (Å²) in [5.41, 5.74) is 0.583. The molecule has 0 saturated heterocycles. The number of aromatic nitrogens is 1. The number of hydrogen-bond donors (Lipinski definition) is 2. The van der Waals surface area contributed by atoms with Gasteiger partial charge in [-0.15, -0.1) is 0 Å². The van der Waals surface area contributed by atoms with Crippen molar-refractivity contribution in [1.29, 1.82) is 0 Å². The number of halogens is 1. The average Bonchev–Trinajstić information content (AvgIpc) is 2.43. The lowest BCUT2D eigenvalue weighted by Gasteiger charge is -2.10. The summed E-state index contributed by atoms with van der Waals surface area (Å²) in [6.07, 6.45) is 1.74. The molecule has 0 amide bonds. The van der Waals surface area contributed by atoms with Gasteiger partial charge in [-0.05, 0) is 46.3 Å². The average molecular weight is 382 g/mol. The van der Waals surface area contributed by atoms with E-state index in [0.717, 1.165) is 26.2 Å². The quantitative estimate of drug-likeness (QED) is 0.539. The third-order valence-electron chi connectivity index (χ3n) is 3.55. The monoisotopic (exact) mass is 381 g/mol. The Morgan fingerprint density at radius 1 is 1.14 bits per heavy atom. The normalized spacial score (nSPS) is 12.1. The van der Waals surface area contributed by atoms with Crippen LogP contribution in [0.4, 0.5) is 0 Å². The number of pyridine rings is 1. The first-order valence-electron chi connectivity index (χ1n) is 6.53. The zero-order chi connectivity index (χ0) is 15.9. The van der Waals surface area contributed by atoms with Crippen molar-refractivity contribution in [3.63, 3.8) is 0 Å². The highest BCUT2D eigenvalue weighted by Gasteiger charge is 2.12. The van der Waals surface area contributed by atoms with Crippen LogP contribution in [0, 0.1) is 0 Å². The Kier molecular flexibility index (Phi) is 3.80. The van der Waals surface area contributed by atoms with Crippen molar-refractivity contribution >= 4 is 47.6 Å². The van der Waals surface area contributed by atoms with Crippen molar-refractivity contribution in [3.8, 4) is 0 Å². The minimum absolute atomic E-state index is 0.180. The van der Waals surface area contributed by atoms with E-state index in [1.165, 1.54) is 0 Å². The van der Waals surface area contributed by atoms with Crippen molar-refractivity contribution in [1.82, 2.24) is 4.98 Å². The van der Waals surface area contributed by atoms with E-state index in [0.29, 0.717) is 5.39 Å². The summed E-state index contributed by atoms with van der Waals surface area (Å²) in [4.78, 5) is 14.8. The molecule has 2 aromatic carbocycles. The molecular formula is C15H12BrNO4S. The summed E-state index contributed by atoms with van der Waals surface area (Å²) >= 11 is 3.39. The molecule has 0 bridgehead atoms. The number of rotatable bonds is 3. The number of hydrogen-bond acceptors (Lipinski definition) is 3. The minimum atomic E-state index is -4.04. The molecule has 0 aliphatic heterocycles. The molecule has 0 spiro atoms. The Labute approximate surface area is 134 Å². The lowest BCUT2D eigenvalue weighted by atomic mass is 9.97. The predicted molar refractivity (Wildman–Crippen MR) is 89.9 cm³/mol. The number of benzene rings is 2. The zero-order valence-corrected chi connectivity index (χ0v) is 13.7. The number of aryl methyl sites for hydroxylation is 1. The molecule has 0 fully saturated rings. The van der Waals surface area contributed by atoms with E-state index in [-0.39, 0.29) is 17.7 Å². The molecule has 3 rings (SSSR count). The first-order valence-corrected chi connectivity index (χ1v) is 8.93. The summed E-state index contributed by atoms with van der Waals surface area (Å²) in [5.74, 6) is -0.354. The molecular weight excluding hydrogens is 370 g/mol. The fourth-order valence-electron chi connectivity index (χ4n) is 2.61. The highest BCUT2D eigenvalue weighted by atomic mass is 79.9. The van der Waals surface area contributed by atoms with Gasteiger partial charge in [-0.3, -0.25) is 9.35 Å². The smallest absolute Gasteiger partial charge is 0.265 e. The molecule has 0 saturated carbocycles. The molecule has 0 aliphatic rings. The standard InChI is InChI=1S/C15H12BrNO4S/c16-11-1-2-12-9(4-6-22(19,20)21)7-10-3-5-17-15(18)14(10)13(12)8-11/h1-3,5,7-8H,4,6H2,(H,17,18)(H,19,20,21). The Morgan fingerprint density at radius 3 is 2.64 bits per heavy atom. The van der Waals surface area contributed by atoms with Gasteiger partial charge in [0, 0.05) is 10.7 Å². The maximum absolute atomic E-state index is 12.1. The molecule has 114 valence electrons. The first kappa shape index (κ1) is 15.2. The van der Waals surface area contributed by atoms with E-state index in [2.05, 4.69) is 20.9 Å². The molecule has 0 aliphatic carbocycles. The number of H-pyrrole nitrogens is 1. The molecule has 0 unspecified atom stereocenters. The van der Waals surface area contributed by atoms with Crippen LogP contribution in [0.25, 0.3) is 21.5 Å². The minimum Gasteiger partial charge on any atom is -0.329 e. The van der Waals surface area contributed by atoms with E-state index in [1.54, 1.807) is 18.3 Å². The van der Waals surface area contributed by atoms with E-state index < -0.39 is 10.1 Å². The van der Waals surface area contributed by atoms with Crippen LogP contribution < -0.4 is 5.56 Å². The molecule has 0 atom stereocenters. The van der Waals surface area contributed by atoms with E-state index in [4.69, 9.17) is 4.55 Å². The van der Waals surface area contributed by atoms with Crippen molar-refractivity contribution in [3.05, 3.63) is 56.9 Å². The number of fused-ring (bicyclic) bond motifs is 3. The summed E-state index contributed by atoms with van der Waals surface area (Å²) in [7, 11) is -4.04. The van der Waals surface area contributed by atoms with Crippen LogP contribution in [0.3, 0.4) is 0 Å². The topological polar surface area (TPSA) is 87.2 Å². The van der Waals surface area contributed by atoms with E-state index >= 15 is 0 Å². The third kappa shape index (κ3) is 2.92. The van der Waals surface area contributed by atoms with Crippen LogP contribution in [-0.4, -0.2) is 23.7 Å². The summed E-state index contributed by atoms with van der Waals surface area (Å²) in [5, 5.41) is 2.85. The van der Waals surface area contributed by atoms with Gasteiger partial charge in [0.25, 0.3) is 15.7 Å². The maximum Gasteiger partial charge on any atom is 0.265 e. The fourth-order valence-corrected chi connectivity index (χ4v) is 3.45. The van der Waals surface area contributed by atoms with Crippen molar-refractivity contribution in [2.24, 2.45) is 0 Å². The SMILES string of the molecule is O=c1[nH]ccc2cc(CCS(=O)(=O)O)c3ccc(Br)cc3c12. The largest absolute Gasteiger partial charge is 0.329 e. The summed E-state index contributed by atoms with van der Waals surface area (Å²) < 4.78 is 31.8. The maximum atomic E-state index is 12.1. The van der Waals surface area contributed by atoms with Gasteiger partial charge < -0.3 is 4.98 Å². The van der Waals surface area contributed by atoms with Gasteiger partial charge in [-0.25, -0.2) is 0 Å². The van der Waals surface area contributed by atoms with Gasteiger partial charge in [-0.2, -0.15) is 8.42 Å². The Bertz CT molecular complexity index is 1040. The lowest BCUT2D eigenvalue weighted by molar-refractivity contribution is 0.483.